The number of thiophene rings is 1. The predicted octanol–water partition coefficient (Wildman–Crippen LogP) is 3.31. The van der Waals surface area contributed by atoms with Crippen LogP contribution < -0.4 is 5.73 Å². The van der Waals surface area contributed by atoms with Gasteiger partial charge in [-0.2, -0.15) is 0 Å². The zero-order valence-corrected chi connectivity index (χ0v) is 8.47. The van der Waals surface area contributed by atoms with Crippen LogP contribution in [0.4, 0.5) is 0 Å². The Morgan fingerprint density at radius 1 is 1.38 bits per heavy atom. The number of hydrogen-bond donors (Lipinski definition) is 1. The van der Waals surface area contributed by atoms with Gasteiger partial charge in [-0.15, -0.1) is 11.3 Å². The zero-order chi connectivity index (χ0) is 9.26. The zero-order valence-electron chi connectivity index (χ0n) is 7.66. The lowest BCUT2D eigenvalue weighted by atomic mass is 10.0. The molecule has 2 N–H and O–H groups in total. The topological polar surface area (TPSA) is 26.0 Å². The quantitative estimate of drug-likeness (QED) is 0.774. The molecule has 0 aliphatic carbocycles. The van der Waals surface area contributed by atoms with Crippen LogP contribution in [0.3, 0.4) is 0 Å². The summed E-state index contributed by atoms with van der Waals surface area (Å²) in [6.45, 7) is 2.11. The van der Waals surface area contributed by atoms with Gasteiger partial charge in [0.25, 0.3) is 0 Å². The van der Waals surface area contributed by atoms with Gasteiger partial charge >= 0.3 is 0 Å². The maximum Gasteiger partial charge on any atom is 0.0346 e. The fraction of sp³-hybridized carbons (Fsp3) is 0.273. The number of benzene rings is 1. The van der Waals surface area contributed by atoms with Gasteiger partial charge in [-0.05, 0) is 34.9 Å². The molecule has 2 heteroatoms. The molecule has 0 saturated heterocycles. The number of hydrogen-bond acceptors (Lipinski definition) is 2. The van der Waals surface area contributed by atoms with Crippen LogP contribution in [0.2, 0.25) is 0 Å². The maximum atomic E-state index is 5.96. The number of nitrogens with two attached hydrogens (primary N) is 1. The smallest absolute Gasteiger partial charge is 0.0346 e. The van der Waals surface area contributed by atoms with Crippen molar-refractivity contribution in [2.24, 2.45) is 5.73 Å². The lowest BCUT2D eigenvalue weighted by molar-refractivity contribution is 0.700. The normalized spacial score (nSPS) is 13.4. The number of rotatable bonds is 2. The van der Waals surface area contributed by atoms with Gasteiger partial charge in [0.2, 0.25) is 0 Å². The summed E-state index contributed by atoms with van der Waals surface area (Å²) >= 11 is 1.77. The molecule has 0 unspecified atom stereocenters. The lowest BCUT2D eigenvalue weighted by Gasteiger charge is -2.08. The van der Waals surface area contributed by atoms with E-state index in [0.29, 0.717) is 0 Å². The molecule has 0 bridgehead atoms. The highest BCUT2D eigenvalue weighted by atomic mass is 32.1. The van der Waals surface area contributed by atoms with Gasteiger partial charge in [0.15, 0.2) is 0 Å². The molecule has 1 atom stereocenters. The van der Waals surface area contributed by atoms with Crippen LogP contribution in [0.25, 0.3) is 10.1 Å². The third-order valence-electron chi connectivity index (χ3n) is 2.35. The van der Waals surface area contributed by atoms with Gasteiger partial charge in [0.1, 0.15) is 0 Å². The summed E-state index contributed by atoms with van der Waals surface area (Å²) < 4.78 is 1.33. The Bertz CT molecular complexity index is 405. The second-order valence-corrected chi connectivity index (χ2v) is 4.18. The Balaban J connectivity index is 2.48. The molecule has 0 aliphatic heterocycles. The average Bonchev–Trinajstić information content (AvgIpc) is 2.63. The summed E-state index contributed by atoms with van der Waals surface area (Å²) in [5, 5.41) is 3.43. The van der Waals surface area contributed by atoms with Gasteiger partial charge in [-0.25, -0.2) is 0 Å². The highest BCUT2D eigenvalue weighted by Gasteiger charge is 2.03. The van der Waals surface area contributed by atoms with Crippen LogP contribution >= 0.6 is 11.3 Å². The molecular formula is C11H13NS. The van der Waals surface area contributed by atoms with Gasteiger partial charge in [-0.3, -0.25) is 0 Å². The van der Waals surface area contributed by atoms with Crippen molar-refractivity contribution in [1.29, 1.82) is 0 Å². The van der Waals surface area contributed by atoms with Gasteiger partial charge < -0.3 is 5.73 Å². The van der Waals surface area contributed by atoms with E-state index in [-0.39, 0.29) is 6.04 Å². The van der Waals surface area contributed by atoms with E-state index in [4.69, 9.17) is 5.73 Å². The molecule has 1 aromatic carbocycles. The Kier molecular flexibility index (Phi) is 2.34. The highest BCUT2D eigenvalue weighted by molar-refractivity contribution is 7.17. The molecule has 0 aliphatic rings. The third kappa shape index (κ3) is 1.60. The maximum absolute atomic E-state index is 5.96. The highest BCUT2D eigenvalue weighted by Crippen LogP contribution is 2.24. The average molecular weight is 191 g/mol. The summed E-state index contributed by atoms with van der Waals surface area (Å²) in [7, 11) is 0. The summed E-state index contributed by atoms with van der Waals surface area (Å²) in [5.74, 6) is 0. The number of fused-ring (bicyclic) bond motifs is 1. The van der Waals surface area contributed by atoms with Gasteiger partial charge in [0.05, 0.1) is 0 Å². The first-order valence-corrected chi connectivity index (χ1v) is 5.42. The van der Waals surface area contributed by atoms with Gasteiger partial charge in [0, 0.05) is 10.7 Å². The summed E-state index contributed by atoms with van der Waals surface area (Å²) in [4.78, 5) is 0. The van der Waals surface area contributed by atoms with Crippen molar-refractivity contribution in [3.05, 3.63) is 35.2 Å². The molecule has 68 valence electrons. The third-order valence-corrected chi connectivity index (χ3v) is 3.23. The van der Waals surface area contributed by atoms with E-state index in [2.05, 4.69) is 36.6 Å². The van der Waals surface area contributed by atoms with Crippen LogP contribution in [-0.4, -0.2) is 0 Å². The minimum Gasteiger partial charge on any atom is -0.324 e. The largest absolute Gasteiger partial charge is 0.324 e. The Hall–Kier alpha value is -0.860. The predicted molar refractivity (Wildman–Crippen MR) is 59.0 cm³/mol. The van der Waals surface area contributed by atoms with E-state index in [9.17, 15) is 0 Å². The molecule has 1 heterocycles. The van der Waals surface area contributed by atoms with E-state index in [1.54, 1.807) is 11.3 Å². The van der Waals surface area contributed by atoms with Crippen molar-refractivity contribution in [2.75, 3.05) is 0 Å². The fourth-order valence-corrected chi connectivity index (χ4v) is 2.28. The molecule has 1 nitrogen and oxygen atoms in total. The minimum absolute atomic E-state index is 0.187. The molecular weight excluding hydrogens is 178 g/mol. The minimum atomic E-state index is 0.187. The second-order valence-electron chi connectivity index (χ2n) is 3.23. The van der Waals surface area contributed by atoms with Crippen molar-refractivity contribution in [1.82, 2.24) is 0 Å². The molecule has 0 fully saturated rings. The first kappa shape index (κ1) is 8.73. The Morgan fingerprint density at radius 3 is 3.00 bits per heavy atom. The summed E-state index contributed by atoms with van der Waals surface area (Å²) in [6, 6.07) is 8.81. The van der Waals surface area contributed by atoms with Crippen molar-refractivity contribution in [3.8, 4) is 0 Å². The van der Waals surface area contributed by atoms with E-state index < -0.39 is 0 Å². The first-order valence-electron chi connectivity index (χ1n) is 4.54. The standard InChI is InChI=1S/C11H13NS/c1-2-10(12)9-4-3-8-5-6-13-11(8)7-9/h3-7,10H,2,12H2,1H3/t10-/m1/s1. The lowest BCUT2D eigenvalue weighted by Crippen LogP contribution is -2.07. The molecule has 2 aromatic rings. The van der Waals surface area contributed by atoms with Crippen LogP contribution in [0.1, 0.15) is 24.9 Å². The van der Waals surface area contributed by atoms with Crippen LogP contribution in [0, 0.1) is 0 Å². The SMILES string of the molecule is CC[C@@H](N)c1ccc2ccsc2c1. The van der Waals surface area contributed by atoms with Crippen LogP contribution in [0.5, 0.6) is 0 Å². The van der Waals surface area contributed by atoms with E-state index >= 15 is 0 Å². The monoisotopic (exact) mass is 191 g/mol. The molecule has 13 heavy (non-hydrogen) atoms. The molecule has 0 saturated carbocycles. The molecule has 0 radical (unpaired) electrons. The van der Waals surface area contributed by atoms with Crippen LogP contribution in [-0.2, 0) is 0 Å². The summed E-state index contributed by atoms with van der Waals surface area (Å²) in [5.41, 5.74) is 7.21. The Morgan fingerprint density at radius 2 is 2.23 bits per heavy atom. The molecule has 1 aromatic heterocycles. The molecule has 2 rings (SSSR count). The van der Waals surface area contributed by atoms with E-state index in [1.165, 1.54) is 15.6 Å². The van der Waals surface area contributed by atoms with Crippen molar-refractivity contribution < 1.29 is 0 Å². The summed E-state index contributed by atoms with van der Waals surface area (Å²) in [6.07, 6.45) is 0.997. The van der Waals surface area contributed by atoms with Crippen molar-refractivity contribution >= 4 is 21.4 Å². The van der Waals surface area contributed by atoms with Crippen LogP contribution in [0.15, 0.2) is 29.6 Å². The molecule has 0 amide bonds. The van der Waals surface area contributed by atoms with E-state index in [0.717, 1.165) is 6.42 Å². The van der Waals surface area contributed by atoms with Crippen molar-refractivity contribution in [3.63, 3.8) is 0 Å². The molecule has 0 spiro atoms. The first-order chi connectivity index (χ1) is 6.31. The van der Waals surface area contributed by atoms with E-state index in [1.807, 2.05) is 0 Å². The van der Waals surface area contributed by atoms with Gasteiger partial charge in [-0.1, -0.05) is 19.1 Å². The fourth-order valence-electron chi connectivity index (χ4n) is 1.44. The second kappa shape index (κ2) is 3.48. The van der Waals surface area contributed by atoms with Crippen molar-refractivity contribution in [2.45, 2.75) is 19.4 Å². The Labute approximate surface area is 82.2 Å².